The maximum absolute atomic E-state index is 11.5. The summed E-state index contributed by atoms with van der Waals surface area (Å²) in [6.45, 7) is 1.99. The van der Waals surface area contributed by atoms with E-state index in [0.29, 0.717) is 0 Å². The molecular formula is C11H13NO3S. The smallest absolute Gasteiger partial charge is 0.156 e. The molecule has 1 N–H and O–H groups in total. The van der Waals surface area contributed by atoms with Gasteiger partial charge in [0, 0.05) is 0 Å². The molecule has 2 aliphatic heterocycles. The standard InChI is InChI=1S/C11H13NO3S/c1-7-2-3-8-10(4-7)15-11-6-16(13,14)5-9(11)12-8/h2-4,9,11-12H,5-6H2,1H3. The number of hydrogen-bond acceptors (Lipinski definition) is 4. The number of rotatable bonds is 0. The highest BCUT2D eigenvalue weighted by molar-refractivity contribution is 7.91. The summed E-state index contributed by atoms with van der Waals surface area (Å²) in [6.07, 6.45) is -0.237. The van der Waals surface area contributed by atoms with Gasteiger partial charge in [0.1, 0.15) is 11.9 Å². The van der Waals surface area contributed by atoms with Crippen molar-refractivity contribution in [1.82, 2.24) is 0 Å². The first-order valence-corrected chi connectivity index (χ1v) is 7.10. The van der Waals surface area contributed by atoms with Crippen molar-refractivity contribution in [3.8, 4) is 5.75 Å². The largest absolute Gasteiger partial charge is 0.485 e. The lowest BCUT2D eigenvalue weighted by Gasteiger charge is -2.29. The number of benzene rings is 1. The van der Waals surface area contributed by atoms with Gasteiger partial charge in [0.25, 0.3) is 0 Å². The Balaban J connectivity index is 1.97. The summed E-state index contributed by atoms with van der Waals surface area (Å²) >= 11 is 0. The van der Waals surface area contributed by atoms with Crippen LogP contribution in [0.1, 0.15) is 5.56 Å². The molecule has 0 spiro atoms. The zero-order chi connectivity index (χ0) is 11.3. The number of hydrogen-bond donors (Lipinski definition) is 1. The van der Waals surface area contributed by atoms with Crippen molar-refractivity contribution in [2.45, 2.75) is 19.1 Å². The lowest BCUT2D eigenvalue weighted by Crippen LogP contribution is -2.40. The van der Waals surface area contributed by atoms with Crippen molar-refractivity contribution in [3.63, 3.8) is 0 Å². The molecule has 1 saturated heterocycles. The number of anilines is 1. The molecule has 1 fully saturated rings. The van der Waals surface area contributed by atoms with Crippen molar-refractivity contribution >= 4 is 15.5 Å². The molecule has 3 rings (SSSR count). The van der Waals surface area contributed by atoms with Gasteiger partial charge in [-0.2, -0.15) is 0 Å². The Morgan fingerprint density at radius 3 is 3.00 bits per heavy atom. The second kappa shape index (κ2) is 3.13. The molecular weight excluding hydrogens is 226 g/mol. The average Bonchev–Trinajstić information content (AvgIpc) is 2.47. The number of sulfone groups is 1. The van der Waals surface area contributed by atoms with Gasteiger partial charge in [-0.05, 0) is 24.6 Å². The summed E-state index contributed by atoms with van der Waals surface area (Å²) in [4.78, 5) is 0. The fourth-order valence-electron chi connectivity index (χ4n) is 2.28. The molecule has 0 saturated carbocycles. The first-order chi connectivity index (χ1) is 7.53. The molecule has 1 aromatic carbocycles. The maximum Gasteiger partial charge on any atom is 0.156 e. The van der Waals surface area contributed by atoms with E-state index in [1.54, 1.807) is 0 Å². The van der Waals surface area contributed by atoms with Crippen molar-refractivity contribution in [2.75, 3.05) is 16.8 Å². The van der Waals surface area contributed by atoms with Crippen LogP contribution in [0.3, 0.4) is 0 Å². The molecule has 2 atom stereocenters. The van der Waals surface area contributed by atoms with Crippen LogP contribution in [0.5, 0.6) is 5.75 Å². The molecule has 4 nitrogen and oxygen atoms in total. The number of aryl methyl sites for hydroxylation is 1. The quantitative estimate of drug-likeness (QED) is 0.733. The second-order valence-corrected chi connectivity index (χ2v) is 6.64. The van der Waals surface area contributed by atoms with Crippen molar-refractivity contribution in [1.29, 1.82) is 0 Å². The van der Waals surface area contributed by atoms with Crippen LogP contribution in [0.25, 0.3) is 0 Å². The van der Waals surface area contributed by atoms with Gasteiger partial charge in [0.2, 0.25) is 0 Å². The summed E-state index contributed by atoms with van der Waals surface area (Å²) in [5.41, 5.74) is 2.00. The molecule has 2 heterocycles. The molecule has 0 radical (unpaired) electrons. The number of nitrogens with one attached hydrogen (secondary N) is 1. The third-order valence-corrected chi connectivity index (χ3v) is 4.76. The molecule has 0 bridgehead atoms. The van der Waals surface area contributed by atoms with Crippen LogP contribution >= 0.6 is 0 Å². The fourth-order valence-corrected chi connectivity index (χ4v) is 4.06. The van der Waals surface area contributed by atoms with Crippen LogP contribution in [0, 0.1) is 6.92 Å². The highest BCUT2D eigenvalue weighted by Crippen LogP contribution is 2.35. The van der Waals surface area contributed by atoms with E-state index in [-0.39, 0.29) is 23.7 Å². The minimum atomic E-state index is -2.94. The zero-order valence-electron chi connectivity index (χ0n) is 8.93. The van der Waals surface area contributed by atoms with Crippen LogP contribution in [-0.2, 0) is 9.84 Å². The minimum Gasteiger partial charge on any atom is -0.485 e. The lowest BCUT2D eigenvalue weighted by atomic mass is 10.1. The monoisotopic (exact) mass is 239 g/mol. The first kappa shape index (κ1) is 9.96. The molecule has 86 valence electrons. The average molecular weight is 239 g/mol. The Kier molecular flexibility index (Phi) is 1.95. The molecule has 16 heavy (non-hydrogen) atoms. The van der Waals surface area contributed by atoms with E-state index >= 15 is 0 Å². The Morgan fingerprint density at radius 2 is 2.19 bits per heavy atom. The second-order valence-electron chi connectivity index (χ2n) is 4.48. The minimum absolute atomic E-state index is 0.0970. The predicted molar refractivity (Wildman–Crippen MR) is 61.7 cm³/mol. The third kappa shape index (κ3) is 1.55. The van der Waals surface area contributed by atoms with Crippen LogP contribution < -0.4 is 10.1 Å². The van der Waals surface area contributed by atoms with Crippen molar-refractivity contribution in [3.05, 3.63) is 23.8 Å². The Morgan fingerprint density at radius 1 is 1.38 bits per heavy atom. The van der Waals surface area contributed by atoms with Gasteiger partial charge in [0.15, 0.2) is 9.84 Å². The number of ether oxygens (including phenoxy) is 1. The molecule has 5 heteroatoms. The summed E-state index contributed by atoms with van der Waals surface area (Å²) in [5, 5.41) is 3.24. The lowest BCUT2D eigenvalue weighted by molar-refractivity contribution is 0.206. The van der Waals surface area contributed by atoms with Gasteiger partial charge in [-0.25, -0.2) is 8.42 Å². The van der Waals surface area contributed by atoms with Crippen LogP contribution in [0.2, 0.25) is 0 Å². The molecule has 0 aromatic heterocycles. The van der Waals surface area contributed by atoms with Gasteiger partial charge in [-0.1, -0.05) is 6.07 Å². The Labute approximate surface area is 94.5 Å². The molecule has 0 amide bonds. The van der Waals surface area contributed by atoms with Crippen molar-refractivity contribution in [2.24, 2.45) is 0 Å². The first-order valence-electron chi connectivity index (χ1n) is 5.28. The van der Waals surface area contributed by atoms with Crippen LogP contribution in [0.4, 0.5) is 5.69 Å². The Hall–Kier alpha value is -1.23. The van der Waals surface area contributed by atoms with Gasteiger partial charge < -0.3 is 10.1 Å². The zero-order valence-corrected chi connectivity index (χ0v) is 9.75. The van der Waals surface area contributed by atoms with Crippen LogP contribution in [0.15, 0.2) is 18.2 Å². The van der Waals surface area contributed by atoms with E-state index < -0.39 is 9.84 Å². The molecule has 2 aliphatic rings. The van der Waals surface area contributed by atoms with E-state index in [0.717, 1.165) is 17.0 Å². The SMILES string of the molecule is Cc1ccc2c(c1)OC1CS(=O)(=O)CC1N2. The van der Waals surface area contributed by atoms with E-state index in [4.69, 9.17) is 4.74 Å². The summed E-state index contributed by atoms with van der Waals surface area (Å²) in [5.74, 6) is 1.06. The highest BCUT2D eigenvalue weighted by atomic mass is 32.2. The van der Waals surface area contributed by atoms with Crippen molar-refractivity contribution < 1.29 is 13.2 Å². The third-order valence-electron chi connectivity index (χ3n) is 3.06. The Bertz CT molecular complexity index is 538. The van der Waals surface area contributed by atoms with E-state index in [1.807, 2.05) is 25.1 Å². The predicted octanol–water partition coefficient (Wildman–Crippen LogP) is 0.965. The summed E-state index contributed by atoms with van der Waals surface area (Å²) < 4.78 is 28.7. The normalized spacial score (nSPS) is 29.8. The maximum atomic E-state index is 11.5. The van der Waals surface area contributed by atoms with Gasteiger partial charge in [-0.3, -0.25) is 0 Å². The van der Waals surface area contributed by atoms with E-state index in [9.17, 15) is 8.42 Å². The molecule has 0 aliphatic carbocycles. The van der Waals surface area contributed by atoms with Crippen LogP contribution in [-0.4, -0.2) is 32.1 Å². The van der Waals surface area contributed by atoms with Gasteiger partial charge >= 0.3 is 0 Å². The summed E-state index contributed by atoms with van der Waals surface area (Å²) in [7, 11) is -2.94. The highest BCUT2D eigenvalue weighted by Gasteiger charge is 2.42. The fraction of sp³-hybridized carbons (Fsp3) is 0.455. The van der Waals surface area contributed by atoms with E-state index in [1.165, 1.54) is 0 Å². The summed E-state index contributed by atoms with van der Waals surface area (Å²) in [6, 6.07) is 5.76. The van der Waals surface area contributed by atoms with E-state index in [2.05, 4.69) is 5.32 Å². The molecule has 2 unspecified atom stereocenters. The van der Waals surface area contributed by atoms with Gasteiger partial charge in [0.05, 0.1) is 23.2 Å². The number of fused-ring (bicyclic) bond motifs is 2. The topological polar surface area (TPSA) is 55.4 Å². The van der Waals surface area contributed by atoms with Gasteiger partial charge in [-0.15, -0.1) is 0 Å². The molecule has 1 aromatic rings.